The van der Waals surface area contributed by atoms with E-state index < -0.39 is 5.60 Å². The summed E-state index contributed by atoms with van der Waals surface area (Å²) in [5.74, 6) is 0.539. The number of fused-ring (bicyclic) bond motifs is 1. The molecule has 1 aromatic carbocycles. The Bertz CT molecular complexity index is 530. The van der Waals surface area contributed by atoms with Crippen molar-refractivity contribution in [3.05, 3.63) is 30.2 Å². The summed E-state index contributed by atoms with van der Waals surface area (Å²) in [4.78, 5) is 15.5. The lowest BCUT2D eigenvalue weighted by Crippen LogP contribution is -2.31. The third-order valence-electron chi connectivity index (χ3n) is 3.33. The molecule has 1 fully saturated rings. The lowest BCUT2D eigenvalue weighted by molar-refractivity contribution is -0.126. The smallest absolute Gasteiger partial charge is 0.227 e. The van der Waals surface area contributed by atoms with Gasteiger partial charge >= 0.3 is 0 Å². The van der Waals surface area contributed by atoms with Gasteiger partial charge in [0.05, 0.1) is 0 Å². The van der Waals surface area contributed by atoms with Crippen LogP contribution in [-0.2, 0) is 10.4 Å². The van der Waals surface area contributed by atoms with Gasteiger partial charge in [-0.25, -0.2) is 4.98 Å². The Morgan fingerprint density at radius 3 is 2.65 bits per heavy atom. The fraction of sp³-hybridized carbons (Fsp3) is 0.385. The fourth-order valence-corrected chi connectivity index (χ4v) is 2.23. The maximum Gasteiger partial charge on any atom is 0.227 e. The predicted molar refractivity (Wildman–Crippen MR) is 61.4 cm³/mol. The molecular formula is C13H13NO3. The van der Waals surface area contributed by atoms with Gasteiger partial charge in [-0.15, -0.1) is 0 Å². The van der Waals surface area contributed by atoms with Crippen LogP contribution in [0.2, 0.25) is 0 Å². The zero-order valence-electron chi connectivity index (χ0n) is 9.35. The lowest BCUT2D eigenvalue weighted by Gasteiger charge is -2.27. The number of nitrogens with zero attached hydrogens (tertiary/aromatic N) is 1. The van der Waals surface area contributed by atoms with Crippen molar-refractivity contribution in [2.75, 3.05) is 0 Å². The van der Waals surface area contributed by atoms with Crippen molar-refractivity contribution in [2.45, 2.75) is 31.3 Å². The molecule has 0 spiro atoms. The van der Waals surface area contributed by atoms with E-state index in [1.54, 1.807) is 0 Å². The van der Waals surface area contributed by atoms with Gasteiger partial charge in [-0.1, -0.05) is 12.1 Å². The Kier molecular flexibility index (Phi) is 2.26. The molecule has 0 radical (unpaired) electrons. The monoisotopic (exact) mass is 231 g/mol. The summed E-state index contributed by atoms with van der Waals surface area (Å²) in [6, 6.07) is 7.41. The molecule has 3 rings (SSSR count). The molecule has 1 heterocycles. The van der Waals surface area contributed by atoms with E-state index in [2.05, 4.69) is 4.98 Å². The number of Topliss-reactive ketones (excluding diaryl/α,β-unsaturated/α-hetero) is 1. The van der Waals surface area contributed by atoms with Gasteiger partial charge in [0.25, 0.3) is 0 Å². The van der Waals surface area contributed by atoms with E-state index in [1.165, 1.54) is 0 Å². The van der Waals surface area contributed by atoms with E-state index in [-0.39, 0.29) is 5.78 Å². The molecule has 1 aromatic heterocycles. The molecule has 4 nitrogen and oxygen atoms in total. The van der Waals surface area contributed by atoms with E-state index >= 15 is 0 Å². The average Bonchev–Trinajstić information content (AvgIpc) is 2.77. The van der Waals surface area contributed by atoms with Crippen LogP contribution in [0.15, 0.2) is 28.7 Å². The molecule has 17 heavy (non-hydrogen) atoms. The average molecular weight is 231 g/mol. The normalized spacial score (nSPS) is 19.7. The van der Waals surface area contributed by atoms with E-state index in [0.29, 0.717) is 37.2 Å². The minimum absolute atomic E-state index is 0.200. The lowest BCUT2D eigenvalue weighted by atomic mass is 9.84. The fourth-order valence-electron chi connectivity index (χ4n) is 2.23. The summed E-state index contributed by atoms with van der Waals surface area (Å²) in [6.07, 6.45) is 1.60. The van der Waals surface area contributed by atoms with E-state index in [0.717, 1.165) is 5.52 Å². The number of ketones is 1. The summed E-state index contributed by atoms with van der Waals surface area (Å²) in [5, 5.41) is 10.5. The van der Waals surface area contributed by atoms with Gasteiger partial charge in [0, 0.05) is 12.8 Å². The first kappa shape index (κ1) is 10.5. The molecule has 0 amide bonds. The highest BCUT2D eigenvalue weighted by atomic mass is 16.4. The zero-order chi connectivity index (χ0) is 11.9. The largest absolute Gasteiger partial charge is 0.438 e. The first-order chi connectivity index (χ1) is 8.17. The van der Waals surface area contributed by atoms with E-state index in [4.69, 9.17) is 4.42 Å². The molecule has 1 aliphatic rings. The van der Waals surface area contributed by atoms with Crippen LogP contribution in [0.25, 0.3) is 11.1 Å². The van der Waals surface area contributed by atoms with Crippen LogP contribution in [0.1, 0.15) is 31.6 Å². The first-order valence-electron chi connectivity index (χ1n) is 5.77. The van der Waals surface area contributed by atoms with Crippen LogP contribution in [0.5, 0.6) is 0 Å². The third kappa shape index (κ3) is 1.74. The van der Waals surface area contributed by atoms with Crippen LogP contribution in [-0.4, -0.2) is 15.9 Å². The van der Waals surface area contributed by atoms with Crippen molar-refractivity contribution in [2.24, 2.45) is 0 Å². The molecule has 1 saturated carbocycles. The highest BCUT2D eigenvalue weighted by Crippen LogP contribution is 2.36. The number of aliphatic hydroxyl groups is 1. The van der Waals surface area contributed by atoms with Gasteiger partial charge in [-0.2, -0.15) is 0 Å². The summed E-state index contributed by atoms with van der Waals surface area (Å²) < 4.78 is 5.57. The van der Waals surface area contributed by atoms with Crippen LogP contribution < -0.4 is 0 Å². The molecule has 0 atom stereocenters. The van der Waals surface area contributed by atoms with Gasteiger partial charge in [0.15, 0.2) is 5.58 Å². The molecule has 88 valence electrons. The number of carbonyl (C=O) groups is 1. The zero-order valence-corrected chi connectivity index (χ0v) is 9.35. The number of aromatic nitrogens is 1. The second-order valence-corrected chi connectivity index (χ2v) is 4.56. The third-order valence-corrected chi connectivity index (χ3v) is 3.33. The van der Waals surface area contributed by atoms with Crippen molar-refractivity contribution in [1.29, 1.82) is 0 Å². The van der Waals surface area contributed by atoms with Crippen LogP contribution in [0.3, 0.4) is 0 Å². The van der Waals surface area contributed by atoms with Crippen molar-refractivity contribution in [3.63, 3.8) is 0 Å². The van der Waals surface area contributed by atoms with Gasteiger partial charge in [0.2, 0.25) is 5.89 Å². The highest BCUT2D eigenvalue weighted by Gasteiger charge is 2.38. The Hall–Kier alpha value is -1.68. The van der Waals surface area contributed by atoms with Crippen molar-refractivity contribution < 1.29 is 14.3 Å². The number of oxazole rings is 1. The Morgan fingerprint density at radius 2 is 1.94 bits per heavy atom. The summed E-state index contributed by atoms with van der Waals surface area (Å²) >= 11 is 0. The second-order valence-electron chi connectivity index (χ2n) is 4.56. The molecule has 0 saturated heterocycles. The number of carbonyl (C=O) groups excluding carboxylic acids is 1. The highest BCUT2D eigenvalue weighted by molar-refractivity contribution is 5.79. The number of benzene rings is 1. The Morgan fingerprint density at radius 1 is 1.24 bits per heavy atom. The molecule has 1 N–H and O–H groups in total. The Labute approximate surface area is 98.3 Å². The predicted octanol–water partition coefficient (Wildman–Crippen LogP) is 2.16. The van der Waals surface area contributed by atoms with Gasteiger partial charge < -0.3 is 9.52 Å². The van der Waals surface area contributed by atoms with Crippen molar-refractivity contribution in [1.82, 2.24) is 4.98 Å². The minimum atomic E-state index is -1.08. The first-order valence-corrected chi connectivity index (χ1v) is 5.77. The van der Waals surface area contributed by atoms with Crippen LogP contribution in [0.4, 0.5) is 0 Å². The standard InChI is InChI=1S/C13H13NO3/c15-9-5-7-13(16,8-6-9)12-14-10-3-1-2-4-11(10)17-12/h1-4,16H,5-8H2. The van der Waals surface area contributed by atoms with E-state index in [9.17, 15) is 9.90 Å². The molecule has 2 aromatic rings. The SMILES string of the molecule is O=C1CCC(O)(c2nc3ccccc3o2)CC1. The van der Waals surface area contributed by atoms with E-state index in [1.807, 2.05) is 24.3 Å². The molecular weight excluding hydrogens is 218 g/mol. The molecule has 4 heteroatoms. The van der Waals surface area contributed by atoms with Crippen LogP contribution >= 0.6 is 0 Å². The molecule has 0 unspecified atom stereocenters. The Balaban J connectivity index is 2.00. The molecule has 0 aliphatic heterocycles. The van der Waals surface area contributed by atoms with Gasteiger partial charge in [-0.05, 0) is 25.0 Å². The summed E-state index contributed by atoms with van der Waals surface area (Å²) in [5.41, 5.74) is 0.341. The van der Waals surface area contributed by atoms with Crippen LogP contribution in [0, 0.1) is 0 Å². The van der Waals surface area contributed by atoms with Crippen molar-refractivity contribution >= 4 is 16.9 Å². The quantitative estimate of drug-likeness (QED) is 0.816. The molecule has 0 bridgehead atoms. The minimum Gasteiger partial charge on any atom is -0.438 e. The topological polar surface area (TPSA) is 63.3 Å². The number of hydrogen-bond donors (Lipinski definition) is 1. The second kappa shape index (κ2) is 3.67. The van der Waals surface area contributed by atoms with Gasteiger partial charge in [0.1, 0.15) is 16.9 Å². The summed E-state index contributed by atoms with van der Waals surface area (Å²) in [6.45, 7) is 0. The maximum atomic E-state index is 11.2. The number of hydrogen-bond acceptors (Lipinski definition) is 4. The van der Waals surface area contributed by atoms with Gasteiger partial charge in [-0.3, -0.25) is 4.79 Å². The number of para-hydroxylation sites is 2. The number of rotatable bonds is 1. The van der Waals surface area contributed by atoms with Crippen molar-refractivity contribution in [3.8, 4) is 0 Å². The molecule has 1 aliphatic carbocycles. The maximum absolute atomic E-state index is 11.2. The summed E-state index contributed by atoms with van der Waals surface area (Å²) in [7, 11) is 0.